The summed E-state index contributed by atoms with van der Waals surface area (Å²) in [5.74, 6) is 0. The summed E-state index contributed by atoms with van der Waals surface area (Å²) in [6.45, 7) is 5.07. The lowest BCUT2D eigenvalue weighted by atomic mass is 9.97. The molecule has 0 aliphatic heterocycles. The zero-order chi connectivity index (χ0) is 15.6. The number of hydrogen-bond donors (Lipinski definition) is 3. The summed E-state index contributed by atoms with van der Waals surface area (Å²) in [5, 5.41) is 4.74. The maximum absolute atomic E-state index is 12.8. The third kappa shape index (κ3) is 4.12. The zero-order valence-electron chi connectivity index (χ0n) is 11.5. The van der Waals surface area contributed by atoms with E-state index in [0.29, 0.717) is 0 Å². The molecule has 0 aliphatic carbocycles. The van der Waals surface area contributed by atoms with E-state index in [0.717, 1.165) is 6.07 Å². The number of amides is 2. The minimum absolute atomic E-state index is 0.294. The summed E-state index contributed by atoms with van der Waals surface area (Å²) in [5.41, 5.74) is 3.76. The van der Waals surface area contributed by atoms with Crippen molar-refractivity contribution in [1.29, 1.82) is 0 Å². The molecule has 112 valence electrons. The van der Waals surface area contributed by atoms with Crippen molar-refractivity contribution in [1.82, 2.24) is 5.32 Å². The molecule has 0 bridgehead atoms. The first-order chi connectivity index (χ1) is 9.04. The SMILES string of the molecule is CC(N)C(C)(C)NC(=O)Nc1ccccc1C(F)(F)F. The van der Waals surface area contributed by atoms with Gasteiger partial charge in [0.2, 0.25) is 0 Å². The zero-order valence-corrected chi connectivity index (χ0v) is 11.5. The molecule has 4 N–H and O–H groups in total. The fourth-order valence-corrected chi connectivity index (χ4v) is 1.40. The van der Waals surface area contributed by atoms with Crippen LogP contribution in [0.5, 0.6) is 0 Å². The normalized spacial score (nSPS) is 13.8. The number of nitrogens with one attached hydrogen (secondary N) is 2. The van der Waals surface area contributed by atoms with Crippen LogP contribution in [0.1, 0.15) is 26.3 Å². The highest BCUT2D eigenvalue weighted by molar-refractivity contribution is 5.90. The van der Waals surface area contributed by atoms with Crippen molar-refractivity contribution in [2.45, 2.75) is 38.5 Å². The first-order valence-corrected chi connectivity index (χ1v) is 6.05. The van der Waals surface area contributed by atoms with Crippen molar-refractivity contribution in [3.63, 3.8) is 0 Å². The number of nitrogens with two attached hydrogens (primary N) is 1. The maximum Gasteiger partial charge on any atom is 0.418 e. The van der Waals surface area contributed by atoms with Crippen molar-refractivity contribution < 1.29 is 18.0 Å². The number of urea groups is 1. The van der Waals surface area contributed by atoms with Crippen molar-refractivity contribution >= 4 is 11.7 Å². The van der Waals surface area contributed by atoms with Gasteiger partial charge in [0.1, 0.15) is 0 Å². The van der Waals surface area contributed by atoms with Gasteiger partial charge in [0.25, 0.3) is 0 Å². The Morgan fingerprint density at radius 3 is 2.30 bits per heavy atom. The lowest BCUT2D eigenvalue weighted by Crippen LogP contribution is -2.55. The molecule has 20 heavy (non-hydrogen) atoms. The summed E-state index contributed by atoms with van der Waals surface area (Å²) < 4.78 is 38.3. The Balaban J connectivity index is 2.87. The van der Waals surface area contributed by atoms with Crippen molar-refractivity contribution in [2.75, 3.05) is 5.32 Å². The molecule has 7 heteroatoms. The van der Waals surface area contributed by atoms with Crippen molar-refractivity contribution in [3.05, 3.63) is 29.8 Å². The highest BCUT2D eigenvalue weighted by atomic mass is 19.4. The predicted octanol–water partition coefficient (Wildman–Crippen LogP) is 2.95. The standard InChI is InChI=1S/C13H18F3N3O/c1-8(17)12(2,3)19-11(20)18-10-7-5-4-6-9(10)13(14,15)16/h4-8H,17H2,1-3H3,(H2,18,19,20). The van der Waals surface area contributed by atoms with Crippen molar-refractivity contribution in [2.24, 2.45) is 5.73 Å². The van der Waals surface area contributed by atoms with Crippen LogP contribution in [0.4, 0.5) is 23.7 Å². The van der Waals surface area contributed by atoms with Gasteiger partial charge >= 0.3 is 12.2 Å². The molecule has 1 aromatic rings. The van der Waals surface area contributed by atoms with Crippen LogP contribution in [-0.4, -0.2) is 17.6 Å². The minimum atomic E-state index is -4.53. The molecule has 2 amide bonds. The smallest absolute Gasteiger partial charge is 0.331 e. The summed E-state index contributed by atoms with van der Waals surface area (Å²) in [6, 6.07) is 3.70. The number of anilines is 1. The predicted molar refractivity (Wildman–Crippen MR) is 71.3 cm³/mol. The number of rotatable bonds is 3. The molecule has 0 radical (unpaired) electrons. The van der Waals surface area contributed by atoms with E-state index in [1.807, 2.05) is 0 Å². The van der Waals surface area contributed by atoms with Crippen LogP contribution in [0.2, 0.25) is 0 Å². The van der Waals surface area contributed by atoms with Gasteiger partial charge in [0.05, 0.1) is 16.8 Å². The highest BCUT2D eigenvalue weighted by Gasteiger charge is 2.34. The number of carbonyl (C=O) groups excluding carboxylic acids is 1. The van der Waals surface area contributed by atoms with Gasteiger partial charge in [0.15, 0.2) is 0 Å². The van der Waals surface area contributed by atoms with E-state index in [1.54, 1.807) is 20.8 Å². The van der Waals surface area contributed by atoms with Gasteiger partial charge in [-0.1, -0.05) is 12.1 Å². The number of hydrogen-bond acceptors (Lipinski definition) is 2. The third-order valence-electron chi connectivity index (χ3n) is 3.05. The molecule has 0 fully saturated rings. The van der Waals surface area contributed by atoms with Crippen LogP contribution >= 0.6 is 0 Å². The molecular formula is C13H18F3N3O. The Morgan fingerprint density at radius 1 is 1.25 bits per heavy atom. The van der Waals surface area contributed by atoms with Gasteiger partial charge in [-0.25, -0.2) is 4.79 Å². The Kier molecular flexibility index (Phi) is 4.65. The second-order valence-corrected chi connectivity index (χ2v) is 5.13. The second kappa shape index (κ2) is 5.70. The molecule has 1 atom stereocenters. The molecular weight excluding hydrogens is 271 g/mol. The molecule has 0 saturated heterocycles. The van der Waals surface area contributed by atoms with Crippen molar-refractivity contribution in [3.8, 4) is 0 Å². The first kappa shape index (κ1) is 16.3. The Bertz CT molecular complexity index is 484. The number of benzene rings is 1. The third-order valence-corrected chi connectivity index (χ3v) is 3.05. The van der Waals surface area contributed by atoms with Gasteiger partial charge in [0, 0.05) is 6.04 Å². The van der Waals surface area contributed by atoms with Crippen LogP contribution in [0, 0.1) is 0 Å². The van der Waals surface area contributed by atoms with Crippen LogP contribution in [0.3, 0.4) is 0 Å². The Hall–Kier alpha value is -1.76. The summed E-state index contributed by atoms with van der Waals surface area (Å²) in [7, 11) is 0. The Labute approximate surface area is 115 Å². The summed E-state index contributed by atoms with van der Waals surface area (Å²) in [6.07, 6.45) is -4.53. The average molecular weight is 289 g/mol. The monoisotopic (exact) mass is 289 g/mol. The van der Waals surface area contributed by atoms with Crippen LogP contribution in [0.25, 0.3) is 0 Å². The lowest BCUT2D eigenvalue weighted by Gasteiger charge is -2.30. The average Bonchev–Trinajstić information content (AvgIpc) is 2.26. The minimum Gasteiger partial charge on any atom is -0.331 e. The molecule has 1 unspecified atom stereocenters. The Morgan fingerprint density at radius 2 is 1.80 bits per heavy atom. The molecule has 0 aliphatic rings. The molecule has 0 aromatic heterocycles. The topological polar surface area (TPSA) is 67.1 Å². The van der Waals surface area contributed by atoms with Gasteiger partial charge < -0.3 is 16.4 Å². The number of halogens is 3. The van der Waals surface area contributed by atoms with Crippen LogP contribution in [-0.2, 0) is 6.18 Å². The molecule has 1 aromatic carbocycles. The molecule has 1 rings (SSSR count). The van der Waals surface area contributed by atoms with E-state index in [4.69, 9.17) is 5.73 Å². The second-order valence-electron chi connectivity index (χ2n) is 5.13. The quantitative estimate of drug-likeness (QED) is 0.801. The van der Waals surface area contributed by atoms with Gasteiger partial charge in [-0.15, -0.1) is 0 Å². The molecule has 0 saturated carbocycles. The van der Waals surface area contributed by atoms with E-state index in [9.17, 15) is 18.0 Å². The largest absolute Gasteiger partial charge is 0.418 e. The number of para-hydroxylation sites is 1. The first-order valence-electron chi connectivity index (χ1n) is 6.05. The maximum atomic E-state index is 12.8. The van der Waals surface area contributed by atoms with Gasteiger partial charge in [-0.2, -0.15) is 13.2 Å². The van der Waals surface area contributed by atoms with E-state index in [2.05, 4.69) is 10.6 Å². The van der Waals surface area contributed by atoms with E-state index in [1.165, 1.54) is 18.2 Å². The molecule has 0 heterocycles. The highest BCUT2D eigenvalue weighted by Crippen LogP contribution is 2.34. The van der Waals surface area contributed by atoms with Gasteiger partial charge in [-0.3, -0.25) is 0 Å². The summed E-state index contributed by atoms with van der Waals surface area (Å²) >= 11 is 0. The molecule has 0 spiro atoms. The molecule has 4 nitrogen and oxygen atoms in total. The van der Waals surface area contributed by atoms with E-state index < -0.39 is 23.3 Å². The number of carbonyl (C=O) groups is 1. The van der Waals surface area contributed by atoms with E-state index in [-0.39, 0.29) is 11.7 Å². The number of alkyl halides is 3. The lowest BCUT2D eigenvalue weighted by molar-refractivity contribution is -0.136. The van der Waals surface area contributed by atoms with E-state index >= 15 is 0 Å². The van der Waals surface area contributed by atoms with Crippen LogP contribution < -0.4 is 16.4 Å². The summed E-state index contributed by atoms with van der Waals surface area (Å²) in [4.78, 5) is 11.8. The fourth-order valence-electron chi connectivity index (χ4n) is 1.40. The van der Waals surface area contributed by atoms with Crippen LogP contribution in [0.15, 0.2) is 24.3 Å². The fraction of sp³-hybridized carbons (Fsp3) is 0.462. The van der Waals surface area contributed by atoms with Gasteiger partial charge in [-0.05, 0) is 32.9 Å².